The van der Waals surface area contributed by atoms with Crippen molar-refractivity contribution in [2.24, 2.45) is 0 Å². The number of para-hydroxylation sites is 1. The second-order valence-electron chi connectivity index (χ2n) is 7.53. The third-order valence-corrected chi connectivity index (χ3v) is 7.75. The van der Waals surface area contributed by atoms with E-state index in [4.69, 9.17) is 9.26 Å². The lowest BCUT2D eigenvalue weighted by Crippen LogP contribution is -2.21. The van der Waals surface area contributed by atoms with Crippen molar-refractivity contribution in [1.82, 2.24) is 0 Å². The van der Waals surface area contributed by atoms with Gasteiger partial charge in [-0.25, -0.2) is 0 Å². The van der Waals surface area contributed by atoms with Crippen LogP contribution in [-0.4, -0.2) is 27.8 Å². The highest BCUT2D eigenvalue weighted by molar-refractivity contribution is 7.67. The molecule has 3 rings (SSSR count). The number of methoxy groups -OCH3 is 1. The van der Waals surface area contributed by atoms with Crippen LogP contribution >= 0.6 is 7.37 Å². The van der Waals surface area contributed by atoms with E-state index >= 15 is 0 Å². The lowest BCUT2D eigenvalue weighted by molar-refractivity contribution is 0.315. The number of nitrogens with one attached hydrogen (secondary N) is 1. The fourth-order valence-corrected chi connectivity index (χ4v) is 5.83. The Morgan fingerprint density at radius 2 is 1.58 bits per heavy atom. The molecule has 3 aromatic carbocycles. The average Bonchev–Trinajstić information content (AvgIpc) is 2.82. The second-order valence-corrected chi connectivity index (χ2v) is 10.0. The Morgan fingerprint density at radius 3 is 2.13 bits per heavy atom. The van der Waals surface area contributed by atoms with E-state index in [2.05, 4.69) is 5.32 Å². The van der Waals surface area contributed by atoms with Gasteiger partial charge in [-0.3, -0.25) is 4.57 Å². The van der Waals surface area contributed by atoms with Crippen LogP contribution < -0.4 is 20.3 Å². The number of rotatable bonds is 10. The third-order valence-electron chi connectivity index (χ3n) is 5.06. The summed E-state index contributed by atoms with van der Waals surface area (Å²) in [7, 11) is 2.28. The van der Waals surface area contributed by atoms with Gasteiger partial charge < -0.3 is 19.5 Å². The summed E-state index contributed by atoms with van der Waals surface area (Å²) < 4.78 is 26.1. The quantitative estimate of drug-likeness (QED) is 0.399. The zero-order valence-electron chi connectivity index (χ0n) is 18.6. The highest BCUT2D eigenvalue weighted by Crippen LogP contribution is 2.59. The molecule has 1 N–H and O–H groups in total. The molecule has 0 bridgehead atoms. The van der Waals surface area contributed by atoms with Crippen molar-refractivity contribution >= 4 is 24.0 Å². The SMILES string of the molecule is CCCO[P@](=O)(c1ccc(N(C)C)cc1)[C@H](Nc1ccccc1)c1ccc(OC)cc1. The number of anilines is 2. The molecule has 31 heavy (non-hydrogen) atoms. The van der Waals surface area contributed by atoms with Crippen molar-refractivity contribution < 1.29 is 13.8 Å². The van der Waals surface area contributed by atoms with Gasteiger partial charge in [-0.05, 0) is 60.5 Å². The number of nitrogens with zero attached hydrogens (tertiary/aromatic N) is 1. The molecular formula is C25H31N2O3P. The van der Waals surface area contributed by atoms with E-state index < -0.39 is 13.2 Å². The van der Waals surface area contributed by atoms with Gasteiger partial charge in [-0.1, -0.05) is 37.3 Å². The minimum atomic E-state index is -3.33. The van der Waals surface area contributed by atoms with E-state index in [0.29, 0.717) is 11.9 Å². The van der Waals surface area contributed by atoms with Crippen LogP contribution in [0.25, 0.3) is 0 Å². The first kappa shape index (κ1) is 22.9. The van der Waals surface area contributed by atoms with Crippen LogP contribution in [0, 0.1) is 0 Å². The van der Waals surface area contributed by atoms with Gasteiger partial charge in [0.2, 0.25) is 0 Å². The van der Waals surface area contributed by atoms with E-state index in [-0.39, 0.29) is 0 Å². The van der Waals surface area contributed by atoms with Crippen LogP contribution in [0.3, 0.4) is 0 Å². The summed E-state index contributed by atoms with van der Waals surface area (Å²) in [4.78, 5) is 2.02. The Bertz CT molecular complexity index is 990. The maximum absolute atomic E-state index is 14.6. The normalized spacial score (nSPS) is 13.8. The largest absolute Gasteiger partial charge is 0.497 e. The summed E-state index contributed by atoms with van der Waals surface area (Å²) in [6, 6.07) is 25.2. The van der Waals surface area contributed by atoms with E-state index in [1.807, 2.05) is 105 Å². The van der Waals surface area contributed by atoms with Gasteiger partial charge in [0.15, 0.2) is 0 Å². The van der Waals surface area contributed by atoms with Crippen molar-refractivity contribution in [3.05, 3.63) is 84.4 Å². The summed E-state index contributed by atoms with van der Waals surface area (Å²) in [5, 5.41) is 4.17. The van der Waals surface area contributed by atoms with Crippen molar-refractivity contribution in [3.8, 4) is 5.75 Å². The zero-order valence-corrected chi connectivity index (χ0v) is 19.5. The standard InChI is InChI=1S/C25H31N2O3P/c1-5-19-30-31(28,24-17-13-22(14-18-24)27(2)3)25(26-21-9-7-6-8-10-21)20-11-15-23(29-4)16-12-20/h6-18,25-26H,5,19H2,1-4H3/t25-,31+/m0/s1. The number of benzene rings is 3. The fourth-order valence-electron chi connectivity index (χ4n) is 3.33. The Morgan fingerprint density at radius 1 is 0.935 bits per heavy atom. The number of ether oxygens (including phenoxy) is 1. The smallest absolute Gasteiger partial charge is 0.258 e. The molecule has 2 atom stereocenters. The van der Waals surface area contributed by atoms with Crippen molar-refractivity contribution in [3.63, 3.8) is 0 Å². The number of hydrogen-bond acceptors (Lipinski definition) is 5. The average molecular weight is 439 g/mol. The Labute approximate surface area is 185 Å². The highest BCUT2D eigenvalue weighted by atomic mass is 31.2. The first-order chi connectivity index (χ1) is 15.0. The molecule has 0 heterocycles. The molecule has 0 amide bonds. The minimum absolute atomic E-state index is 0.413. The lowest BCUT2D eigenvalue weighted by atomic mass is 10.2. The van der Waals surface area contributed by atoms with Gasteiger partial charge in [0.1, 0.15) is 11.5 Å². The van der Waals surface area contributed by atoms with Crippen LogP contribution in [0.15, 0.2) is 78.9 Å². The highest BCUT2D eigenvalue weighted by Gasteiger charge is 2.37. The fraction of sp³-hybridized carbons (Fsp3) is 0.280. The van der Waals surface area contributed by atoms with Gasteiger partial charge in [0.25, 0.3) is 7.37 Å². The van der Waals surface area contributed by atoms with E-state index in [0.717, 1.165) is 29.1 Å². The molecule has 0 unspecified atom stereocenters. The maximum Gasteiger partial charge on any atom is 0.258 e. The maximum atomic E-state index is 14.6. The first-order valence-electron chi connectivity index (χ1n) is 10.5. The summed E-state index contributed by atoms with van der Waals surface area (Å²) >= 11 is 0. The summed E-state index contributed by atoms with van der Waals surface area (Å²) in [6.07, 6.45) is 0.778. The molecule has 6 heteroatoms. The monoisotopic (exact) mass is 438 g/mol. The van der Waals surface area contributed by atoms with E-state index in [1.165, 1.54) is 0 Å². The molecule has 0 radical (unpaired) electrons. The molecule has 0 aromatic heterocycles. The van der Waals surface area contributed by atoms with Crippen LogP contribution in [-0.2, 0) is 9.09 Å². The molecular weight excluding hydrogens is 407 g/mol. The zero-order chi connectivity index (χ0) is 22.3. The molecule has 0 aliphatic heterocycles. The first-order valence-corrected chi connectivity index (χ1v) is 12.1. The number of hydrogen-bond donors (Lipinski definition) is 1. The molecule has 3 aromatic rings. The van der Waals surface area contributed by atoms with Gasteiger partial charge in [0.05, 0.1) is 13.7 Å². The van der Waals surface area contributed by atoms with E-state index in [9.17, 15) is 4.57 Å². The van der Waals surface area contributed by atoms with Gasteiger partial charge in [-0.15, -0.1) is 0 Å². The second kappa shape index (κ2) is 10.5. The molecule has 0 fully saturated rings. The predicted molar refractivity (Wildman–Crippen MR) is 130 cm³/mol. The lowest BCUT2D eigenvalue weighted by Gasteiger charge is -2.30. The predicted octanol–water partition coefficient (Wildman–Crippen LogP) is 5.90. The van der Waals surface area contributed by atoms with E-state index in [1.54, 1.807) is 7.11 Å². The van der Waals surface area contributed by atoms with Crippen LogP contribution in [0.5, 0.6) is 5.75 Å². The molecule has 0 aliphatic carbocycles. The van der Waals surface area contributed by atoms with Crippen LogP contribution in [0.2, 0.25) is 0 Å². The summed E-state index contributed by atoms with van der Waals surface area (Å²) in [6.45, 7) is 2.43. The van der Waals surface area contributed by atoms with Crippen LogP contribution in [0.1, 0.15) is 24.7 Å². The molecule has 0 spiro atoms. The topological polar surface area (TPSA) is 50.8 Å². The Balaban J connectivity index is 2.10. The van der Waals surface area contributed by atoms with Crippen molar-refractivity contribution in [2.45, 2.75) is 19.1 Å². The Kier molecular flexibility index (Phi) is 7.78. The molecule has 164 valence electrons. The van der Waals surface area contributed by atoms with Crippen LogP contribution in [0.4, 0.5) is 11.4 Å². The van der Waals surface area contributed by atoms with Crippen molar-refractivity contribution in [2.75, 3.05) is 38.0 Å². The molecule has 0 saturated carbocycles. The molecule has 0 aliphatic rings. The van der Waals surface area contributed by atoms with Gasteiger partial charge in [-0.2, -0.15) is 0 Å². The summed E-state index contributed by atoms with van der Waals surface area (Å²) in [5.74, 6) is 0.208. The summed E-state index contributed by atoms with van der Waals surface area (Å²) in [5.41, 5.74) is 2.80. The molecule has 0 saturated heterocycles. The third kappa shape index (κ3) is 5.49. The Hall–Kier alpha value is -2.75. The van der Waals surface area contributed by atoms with Crippen molar-refractivity contribution in [1.29, 1.82) is 0 Å². The van der Waals surface area contributed by atoms with Gasteiger partial charge in [0, 0.05) is 30.8 Å². The molecule has 5 nitrogen and oxygen atoms in total. The minimum Gasteiger partial charge on any atom is -0.497 e. The van der Waals surface area contributed by atoms with Gasteiger partial charge >= 0.3 is 0 Å².